The van der Waals surface area contributed by atoms with Crippen LogP contribution in [0.25, 0.3) is 0 Å². The molecule has 20 heavy (non-hydrogen) atoms. The van der Waals surface area contributed by atoms with Gasteiger partial charge in [0.2, 0.25) is 0 Å². The smallest absolute Gasteiger partial charge is 0.260 e. The molecule has 2 N–H and O–H groups in total. The highest BCUT2D eigenvalue weighted by molar-refractivity contribution is 5.77. The Bertz CT molecular complexity index is 438. The van der Waals surface area contributed by atoms with Crippen LogP contribution in [0.2, 0.25) is 0 Å². The first-order valence-electron chi connectivity index (χ1n) is 7.02. The van der Waals surface area contributed by atoms with E-state index in [1.165, 1.54) is 5.56 Å². The summed E-state index contributed by atoms with van der Waals surface area (Å²) in [7, 11) is 1.77. The van der Waals surface area contributed by atoms with Gasteiger partial charge in [0.1, 0.15) is 5.75 Å². The van der Waals surface area contributed by atoms with Crippen molar-refractivity contribution in [1.29, 1.82) is 0 Å². The highest BCUT2D eigenvalue weighted by Gasteiger charge is 2.14. The van der Waals surface area contributed by atoms with Gasteiger partial charge in [-0.25, -0.2) is 0 Å². The number of amides is 1. The summed E-state index contributed by atoms with van der Waals surface area (Å²) in [5.74, 6) is 0.706. The molecule has 0 spiro atoms. The number of likely N-dealkylation sites (N-methyl/N-ethyl adjacent to an activating group) is 1. The number of hydrogen-bond donors (Lipinski definition) is 1. The van der Waals surface area contributed by atoms with E-state index in [0.717, 1.165) is 12.2 Å². The number of nitrogens with two attached hydrogens (primary N) is 1. The first-order valence-corrected chi connectivity index (χ1v) is 7.02. The summed E-state index contributed by atoms with van der Waals surface area (Å²) in [5.41, 5.74) is 6.69. The van der Waals surface area contributed by atoms with E-state index in [4.69, 9.17) is 10.5 Å². The average molecular weight is 278 g/mol. The van der Waals surface area contributed by atoms with Gasteiger partial charge in [-0.3, -0.25) is 4.79 Å². The van der Waals surface area contributed by atoms with Gasteiger partial charge < -0.3 is 15.4 Å². The van der Waals surface area contributed by atoms with Gasteiger partial charge in [0.05, 0.1) is 0 Å². The second-order valence-corrected chi connectivity index (χ2v) is 6.02. The van der Waals surface area contributed by atoms with Crippen LogP contribution in [0.5, 0.6) is 5.75 Å². The van der Waals surface area contributed by atoms with Crippen molar-refractivity contribution in [2.75, 3.05) is 26.7 Å². The Labute approximate surface area is 121 Å². The van der Waals surface area contributed by atoms with E-state index >= 15 is 0 Å². The molecule has 0 fully saturated rings. The Morgan fingerprint density at radius 1 is 1.35 bits per heavy atom. The zero-order chi connectivity index (χ0) is 15.2. The van der Waals surface area contributed by atoms with Crippen LogP contribution in [0.3, 0.4) is 0 Å². The van der Waals surface area contributed by atoms with Crippen LogP contribution in [0, 0.1) is 0 Å². The quantitative estimate of drug-likeness (QED) is 0.867. The second-order valence-electron chi connectivity index (χ2n) is 6.02. The third-order valence-electron chi connectivity index (χ3n) is 3.19. The Kier molecular flexibility index (Phi) is 6.02. The molecule has 0 bridgehead atoms. The predicted octanol–water partition coefficient (Wildman–Crippen LogP) is 2.17. The van der Waals surface area contributed by atoms with E-state index in [0.29, 0.717) is 13.1 Å². The van der Waals surface area contributed by atoms with Gasteiger partial charge in [0, 0.05) is 13.6 Å². The second kappa shape index (κ2) is 7.29. The van der Waals surface area contributed by atoms with Crippen molar-refractivity contribution in [2.24, 2.45) is 5.73 Å². The molecule has 0 saturated carbocycles. The Hall–Kier alpha value is -1.55. The number of ether oxygens (including phenoxy) is 1. The number of nitrogens with zero attached hydrogens (tertiary/aromatic N) is 1. The van der Waals surface area contributed by atoms with Crippen molar-refractivity contribution in [3.63, 3.8) is 0 Å². The largest absolute Gasteiger partial charge is 0.484 e. The fourth-order valence-electron chi connectivity index (χ4n) is 1.76. The maximum Gasteiger partial charge on any atom is 0.260 e. The normalized spacial score (nSPS) is 11.2. The third-order valence-corrected chi connectivity index (χ3v) is 3.19. The molecule has 0 aliphatic heterocycles. The van der Waals surface area contributed by atoms with Crippen LogP contribution in [-0.2, 0) is 10.2 Å². The van der Waals surface area contributed by atoms with E-state index < -0.39 is 0 Å². The minimum atomic E-state index is -0.0281. The minimum Gasteiger partial charge on any atom is -0.484 e. The summed E-state index contributed by atoms with van der Waals surface area (Å²) < 4.78 is 5.58. The fourth-order valence-corrected chi connectivity index (χ4v) is 1.76. The Morgan fingerprint density at radius 2 is 2.05 bits per heavy atom. The van der Waals surface area contributed by atoms with Gasteiger partial charge in [0.25, 0.3) is 5.91 Å². The summed E-state index contributed by atoms with van der Waals surface area (Å²) in [6.07, 6.45) is 0.807. The molecule has 1 aromatic rings. The molecule has 112 valence electrons. The van der Waals surface area contributed by atoms with Gasteiger partial charge in [-0.05, 0) is 36.1 Å². The fraction of sp³-hybridized carbons (Fsp3) is 0.562. The number of carbonyl (C=O) groups excluding carboxylic acids is 1. The zero-order valence-corrected chi connectivity index (χ0v) is 13.0. The van der Waals surface area contributed by atoms with Crippen molar-refractivity contribution in [3.05, 3.63) is 29.8 Å². The highest BCUT2D eigenvalue weighted by Crippen LogP contribution is 2.25. The Balaban J connectivity index is 2.55. The SMILES string of the molecule is CN(CCCN)C(=O)COc1cccc(C(C)(C)C)c1. The molecular weight excluding hydrogens is 252 g/mol. The summed E-state index contributed by atoms with van der Waals surface area (Å²) in [4.78, 5) is 13.5. The summed E-state index contributed by atoms with van der Waals surface area (Å²) in [5, 5.41) is 0. The van der Waals surface area contributed by atoms with Crippen LogP contribution in [-0.4, -0.2) is 37.6 Å². The lowest BCUT2D eigenvalue weighted by molar-refractivity contribution is -0.132. The van der Waals surface area contributed by atoms with Crippen molar-refractivity contribution in [3.8, 4) is 5.75 Å². The van der Waals surface area contributed by atoms with Gasteiger partial charge in [-0.2, -0.15) is 0 Å². The summed E-state index contributed by atoms with van der Waals surface area (Å²) >= 11 is 0. The first-order chi connectivity index (χ1) is 9.34. The molecule has 0 aliphatic rings. The number of benzene rings is 1. The molecule has 0 atom stereocenters. The molecule has 0 saturated heterocycles. The van der Waals surface area contributed by atoms with Gasteiger partial charge in [-0.15, -0.1) is 0 Å². The topological polar surface area (TPSA) is 55.6 Å². The van der Waals surface area contributed by atoms with E-state index in [1.807, 2.05) is 18.2 Å². The first kappa shape index (κ1) is 16.5. The summed E-state index contributed by atoms with van der Waals surface area (Å²) in [6, 6.07) is 7.90. The zero-order valence-electron chi connectivity index (χ0n) is 13.0. The van der Waals surface area contributed by atoms with Gasteiger partial charge >= 0.3 is 0 Å². The van der Waals surface area contributed by atoms with Crippen molar-refractivity contribution in [1.82, 2.24) is 4.90 Å². The summed E-state index contributed by atoms with van der Waals surface area (Å²) in [6.45, 7) is 7.77. The number of carbonyl (C=O) groups is 1. The lowest BCUT2D eigenvalue weighted by Crippen LogP contribution is -2.33. The van der Waals surface area contributed by atoms with E-state index in [9.17, 15) is 4.79 Å². The molecule has 0 heterocycles. The highest BCUT2D eigenvalue weighted by atomic mass is 16.5. The molecule has 0 aromatic heterocycles. The van der Waals surface area contributed by atoms with Crippen LogP contribution < -0.4 is 10.5 Å². The van der Waals surface area contributed by atoms with Crippen molar-refractivity contribution in [2.45, 2.75) is 32.6 Å². The van der Waals surface area contributed by atoms with Crippen LogP contribution in [0.4, 0.5) is 0 Å². The van der Waals surface area contributed by atoms with Gasteiger partial charge in [-0.1, -0.05) is 32.9 Å². The standard InChI is InChI=1S/C16H26N2O2/c1-16(2,3)13-7-5-8-14(11-13)20-12-15(19)18(4)10-6-9-17/h5,7-8,11H,6,9-10,12,17H2,1-4H3. The monoisotopic (exact) mass is 278 g/mol. The van der Waals surface area contributed by atoms with E-state index in [2.05, 4.69) is 26.8 Å². The molecule has 1 aromatic carbocycles. The molecule has 0 unspecified atom stereocenters. The van der Waals surface area contributed by atoms with E-state index in [1.54, 1.807) is 11.9 Å². The third kappa shape index (κ3) is 5.21. The average Bonchev–Trinajstić information content (AvgIpc) is 2.41. The van der Waals surface area contributed by atoms with Crippen molar-refractivity contribution >= 4 is 5.91 Å². The lowest BCUT2D eigenvalue weighted by Gasteiger charge is -2.20. The van der Waals surface area contributed by atoms with Crippen LogP contribution in [0.15, 0.2) is 24.3 Å². The molecule has 4 nitrogen and oxygen atoms in total. The maximum atomic E-state index is 11.9. The molecule has 0 aliphatic carbocycles. The minimum absolute atomic E-state index is 0.0281. The lowest BCUT2D eigenvalue weighted by atomic mass is 9.87. The van der Waals surface area contributed by atoms with Crippen molar-refractivity contribution < 1.29 is 9.53 Å². The van der Waals surface area contributed by atoms with Crippen LogP contribution >= 0.6 is 0 Å². The molecule has 0 radical (unpaired) electrons. The van der Waals surface area contributed by atoms with Crippen LogP contribution in [0.1, 0.15) is 32.8 Å². The molecular formula is C16H26N2O2. The predicted molar refractivity (Wildman–Crippen MR) is 81.9 cm³/mol. The Morgan fingerprint density at radius 3 is 2.65 bits per heavy atom. The van der Waals surface area contributed by atoms with E-state index in [-0.39, 0.29) is 17.9 Å². The molecule has 1 rings (SSSR count). The number of hydrogen-bond acceptors (Lipinski definition) is 3. The molecule has 4 heteroatoms. The number of rotatable bonds is 6. The maximum absolute atomic E-state index is 11.9. The molecule has 1 amide bonds. The van der Waals surface area contributed by atoms with Gasteiger partial charge in [0.15, 0.2) is 6.61 Å².